The monoisotopic (exact) mass is 252 g/mol. The highest BCUT2D eigenvalue weighted by Gasteiger charge is 1.99. The normalized spacial score (nSPS) is 13.1. The molecule has 14 heavy (non-hydrogen) atoms. The first-order valence-corrected chi connectivity index (χ1v) is 5.24. The standard InChI is InChI=1S/C11H13BrN2/c1-4-8(2)13-9(3)10-6-5-7-11(12)14-10/h4-7H,1-3H3/b8-4-,13-9?. The molecule has 0 aliphatic heterocycles. The summed E-state index contributed by atoms with van der Waals surface area (Å²) in [4.78, 5) is 8.72. The molecule has 0 radical (unpaired) electrons. The van der Waals surface area contributed by atoms with Crippen molar-refractivity contribution < 1.29 is 0 Å². The highest BCUT2D eigenvalue weighted by Crippen LogP contribution is 2.08. The van der Waals surface area contributed by atoms with E-state index in [1.54, 1.807) is 0 Å². The highest BCUT2D eigenvalue weighted by atomic mass is 79.9. The Morgan fingerprint density at radius 3 is 2.71 bits per heavy atom. The fourth-order valence-electron chi connectivity index (χ4n) is 0.996. The smallest absolute Gasteiger partial charge is 0.106 e. The number of halogens is 1. The maximum absolute atomic E-state index is 4.40. The number of nitrogens with zero attached hydrogens (tertiary/aromatic N) is 2. The van der Waals surface area contributed by atoms with Crippen molar-refractivity contribution in [2.45, 2.75) is 20.8 Å². The Morgan fingerprint density at radius 1 is 1.43 bits per heavy atom. The van der Waals surface area contributed by atoms with Gasteiger partial charge in [-0.15, -0.1) is 0 Å². The average molecular weight is 253 g/mol. The molecule has 0 amide bonds. The summed E-state index contributed by atoms with van der Waals surface area (Å²) in [5.74, 6) is 0. The number of hydrogen-bond donors (Lipinski definition) is 0. The van der Waals surface area contributed by atoms with Crippen LogP contribution in [0, 0.1) is 0 Å². The molecule has 0 saturated heterocycles. The summed E-state index contributed by atoms with van der Waals surface area (Å²) in [5.41, 5.74) is 2.84. The third-order valence-electron chi connectivity index (χ3n) is 1.85. The molecule has 0 fully saturated rings. The zero-order valence-electron chi connectivity index (χ0n) is 8.58. The van der Waals surface area contributed by atoms with Crippen molar-refractivity contribution in [2.24, 2.45) is 4.99 Å². The third kappa shape index (κ3) is 3.07. The zero-order chi connectivity index (χ0) is 10.6. The van der Waals surface area contributed by atoms with Gasteiger partial charge in [0, 0.05) is 5.70 Å². The molecule has 0 N–H and O–H groups in total. The molecule has 1 aromatic heterocycles. The Morgan fingerprint density at radius 2 is 2.14 bits per heavy atom. The van der Waals surface area contributed by atoms with Gasteiger partial charge in [0.15, 0.2) is 0 Å². The molecule has 2 nitrogen and oxygen atoms in total. The van der Waals surface area contributed by atoms with Crippen LogP contribution in [0.15, 0.2) is 39.6 Å². The Bertz CT molecular complexity index is 381. The van der Waals surface area contributed by atoms with E-state index in [1.807, 2.05) is 45.0 Å². The lowest BCUT2D eigenvalue weighted by Gasteiger charge is -2.00. The van der Waals surface area contributed by atoms with Gasteiger partial charge in [0.05, 0.1) is 11.4 Å². The van der Waals surface area contributed by atoms with E-state index in [9.17, 15) is 0 Å². The van der Waals surface area contributed by atoms with Crippen LogP contribution in [0.2, 0.25) is 0 Å². The minimum Gasteiger partial charge on any atom is -0.257 e. The van der Waals surface area contributed by atoms with Crippen LogP contribution in [0.25, 0.3) is 0 Å². The minimum absolute atomic E-state index is 0.836. The van der Waals surface area contributed by atoms with E-state index in [4.69, 9.17) is 0 Å². The van der Waals surface area contributed by atoms with Gasteiger partial charge in [-0.1, -0.05) is 12.1 Å². The van der Waals surface area contributed by atoms with Gasteiger partial charge in [-0.3, -0.25) is 4.99 Å². The fraction of sp³-hybridized carbons (Fsp3) is 0.273. The summed E-state index contributed by atoms with van der Waals surface area (Å²) >= 11 is 3.33. The average Bonchev–Trinajstić information content (AvgIpc) is 2.17. The third-order valence-corrected chi connectivity index (χ3v) is 2.29. The Labute approximate surface area is 92.9 Å². The maximum Gasteiger partial charge on any atom is 0.106 e. The second kappa shape index (κ2) is 5.05. The molecular weight excluding hydrogens is 240 g/mol. The van der Waals surface area contributed by atoms with Crippen LogP contribution in [0.3, 0.4) is 0 Å². The molecule has 3 heteroatoms. The van der Waals surface area contributed by atoms with Crippen LogP contribution in [-0.4, -0.2) is 10.7 Å². The quantitative estimate of drug-likeness (QED) is 0.584. The van der Waals surface area contributed by atoms with Crippen LogP contribution in [0.5, 0.6) is 0 Å². The van der Waals surface area contributed by atoms with Gasteiger partial charge in [-0.05, 0) is 48.8 Å². The molecule has 0 unspecified atom stereocenters. The molecule has 0 saturated carbocycles. The molecule has 1 rings (SSSR count). The predicted octanol–water partition coefficient (Wildman–Crippen LogP) is 3.58. The first-order valence-electron chi connectivity index (χ1n) is 4.44. The highest BCUT2D eigenvalue weighted by molar-refractivity contribution is 9.10. The second-order valence-corrected chi connectivity index (χ2v) is 3.79. The summed E-state index contributed by atoms with van der Waals surface area (Å²) in [6, 6.07) is 5.81. The van der Waals surface area contributed by atoms with Crippen LogP contribution >= 0.6 is 15.9 Å². The van der Waals surface area contributed by atoms with Crippen molar-refractivity contribution >= 4 is 21.6 Å². The van der Waals surface area contributed by atoms with Crippen molar-refractivity contribution in [1.29, 1.82) is 0 Å². The summed E-state index contributed by atoms with van der Waals surface area (Å²) in [7, 11) is 0. The Hall–Kier alpha value is -0.960. The molecule has 0 aromatic carbocycles. The van der Waals surface area contributed by atoms with Gasteiger partial charge in [-0.2, -0.15) is 0 Å². The molecule has 0 atom stereocenters. The molecule has 74 valence electrons. The molecular formula is C11H13BrN2. The maximum atomic E-state index is 4.40. The van der Waals surface area contributed by atoms with Gasteiger partial charge < -0.3 is 0 Å². The Kier molecular flexibility index (Phi) is 4.01. The van der Waals surface area contributed by atoms with Gasteiger partial charge in [-0.25, -0.2) is 4.98 Å². The SMILES string of the molecule is C/C=C(/C)N=C(C)c1cccc(Br)n1. The number of aliphatic imine (C=N–C) groups is 1. The first kappa shape index (κ1) is 11.1. The minimum atomic E-state index is 0.836. The number of rotatable bonds is 2. The fourth-order valence-corrected chi connectivity index (χ4v) is 1.34. The zero-order valence-corrected chi connectivity index (χ0v) is 10.2. The van der Waals surface area contributed by atoms with E-state index < -0.39 is 0 Å². The van der Waals surface area contributed by atoms with Crippen molar-refractivity contribution in [2.75, 3.05) is 0 Å². The van der Waals surface area contributed by atoms with Gasteiger partial charge in [0.25, 0.3) is 0 Å². The van der Waals surface area contributed by atoms with E-state index in [2.05, 4.69) is 25.9 Å². The topological polar surface area (TPSA) is 25.2 Å². The van der Waals surface area contributed by atoms with E-state index in [-0.39, 0.29) is 0 Å². The lowest BCUT2D eigenvalue weighted by Crippen LogP contribution is -1.98. The van der Waals surface area contributed by atoms with Crippen LogP contribution in [0.4, 0.5) is 0 Å². The Balaban J connectivity index is 3.00. The van der Waals surface area contributed by atoms with Crippen molar-refractivity contribution in [3.05, 3.63) is 40.3 Å². The van der Waals surface area contributed by atoms with Crippen LogP contribution < -0.4 is 0 Å². The molecule has 0 spiro atoms. The molecule has 1 heterocycles. The van der Waals surface area contributed by atoms with Crippen molar-refractivity contribution in [3.8, 4) is 0 Å². The molecule has 0 aliphatic carbocycles. The number of aromatic nitrogens is 1. The first-order chi connectivity index (χ1) is 6.63. The van der Waals surface area contributed by atoms with Gasteiger partial charge in [0.1, 0.15) is 4.60 Å². The summed E-state index contributed by atoms with van der Waals surface area (Å²) in [6.45, 7) is 5.91. The lowest BCUT2D eigenvalue weighted by atomic mass is 10.2. The molecule has 0 bridgehead atoms. The molecule has 1 aromatic rings. The van der Waals surface area contributed by atoms with E-state index in [0.717, 1.165) is 21.7 Å². The van der Waals surface area contributed by atoms with E-state index in [1.165, 1.54) is 0 Å². The summed E-state index contributed by atoms with van der Waals surface area (Å²) in [6.07, 6.45) is 1.97. The number of hydrogen-bond acceptors (Lipinski definition) is 2. The lowest BCUT2D eigenvalue weighted by molar-refractivity contribution is 1.21. The van der Waals surface area contributed by atoms with Crippen LogP contribution in [0.1, 0.15) is 26.5 Å². The van der Waals surface area contributed by atoms with E-state index >= 15 is 0 Å². The van der Waals surface area contributed by atoms with Gasteiger partial charge in [0.2, 0.25) is 0 Å². The van der Waals surface area contributed by atoms with Crippen molar-refractivity contribution in [3.63, 3.8) is 0 Å². The van der Waals surface area contributed by atoms with Gasteiger partial charge >= 0.3 is 0 Å². The molecule has 0 aliphatic rings. The number of allylic oxidation sites excluding steroid dienone is 2. The predicted molar refractivity (Wildman–Crippen MR) is 63.6 cm³/mol. The summed E-state index contributed by atoms with van der Waals surface area (Å²) in [5, 5.41) is 0. The summed E-state index contributed by atoms with van der Waals surface area (Å²) < 4.78 is 0.836. The van der Waals surface area contributed by atoms with Crippen molar-refractivity contribution in [1.82, 2.24) is 4.98 Å². The second-order valence-electron chi connectivity index (χ2n) is 2.97. The van der Waals surface area contributed by atoms with Crippen LogP contribution in [-0.2, 0) is 0 Å². The largest absolute Gasteiger partial charge is 0.257 e. The van der Waals surface area contributed by atoms with E-state index in [0.29, 0.717) is 0 Å². The number of pyridine rings is 1.